The van der Waals surface area contributed by atoms with Crippen LogP contribution in [-0.4, -0.2) is 148 Å². The van der Waals surface area contributed by atoms with Crippen molar-refractivity contribution in [1.29, 1.82) is 0 Å². The Bertz CT molecular complexity index is 2120. The van der Waals surface area contributed by atoms with Gasteiger partial charge in [-0.05, 0) is 12.1 Å². The van der Waals surface area contributed by atoms with E-state index in [0.29, 0.717) is 16.8 Å². The number of nitrogens with two attached hydrogens (primary N) is 1. The molecular weight excluding hydrogens is 831 g/mol. The number of fused-ring (bicyclic) bond motifs is 1. The number of β-lactam (4-membered cyclic amide) rings is 1. The average Bonchev–Trinajstić information content (AvgIpc) is 3.59. The Morgan fingerprint density at radius 1 is 1.00 bits per heavy atom. The quantitative estimate of drug-likeness (QED) is 0.0270. The lowest BCUT2D eigenvalue weighted by Gasteiger charge is -2.41. The lowest BCUT2D eigenvalue weighted by molar-refractivity contribution is -0.153. The predicted octanol–water partition coefficient (Wildman–Crippen LogP) is -1.72. The summed E-state index contributed by atoms with van der Waals surface area (Å²) >= 11 is 13.5. The number of aromatic hydroxyl groups is 2. The number of carboxylic acid groups (broad SMARTS) is 2. The zero-order chi connectivity index (χ0) is 40.9. The molecule has 27 heteroatoms. The largest absolute Gasteiger partial charge is 0.504 e. The highest BCUT2D eigenvalue weighted by Crippen LogP contribution is 2.49. The number of phenolic OH excluding ortho intramolecular Hbond substituents is 2. The second-order valence-electron chi connectivity index (χ2n) is 12.4. The Morgan fingerprint density at radius 2 is 1.70 bits per heavy atom. The second kappa shape index (κ2) is 15.0. The number of nitrogens with zero attached hydrogens (tertiary/aromatic N) is 5. The zero-order valence-electron chi connectivity index (χ0n) is 28.1. The first-order chi connectivity index (χ1) is 26.4. The van der Waals surface area contributed by atoms with Crippen LogP contribution in [0.1, 0.15) is 28.9 Å². The Morgan fingerprint density at radius 3 is 2.32 bits per heavy atom. The molecule has 3 atom stereocenters. The number of urea groups is 1. The fourth-order valence-corrected chi connectivity index (χ4v) is 8.48. The van der Waals surface area contributed by atoms with E-state index in [-0.39, 0.29) is 59.7 Å². The Kier molecular flexibility index (Phi) is 10.7. The van der Waals surface area contributed by atoms with E-state index in [0.717, 1.165) is 33.3 Å². The van der Waals surface area contributed by atoms with Crippen molar-refractivity contribution in [3.05, 3.63) is 32.7 Å². The minimum absolute atomic E-state index is 0.0584. The molecule has 0 bridgehead atoms. The maximum absolute atomic E-state index is 13.5. The van der Waals surface area contributed by atoms with E-state index in [1.54, 1.807) is 0 Å². The van der Waals surface area contributed by atoms with Gasteiger partial charge in [0, 0.05) is 32.5 Å². The van der Waals surface area contributed by atoms with Gasteiger partial charge >= 0.3 is 29.8 Å². The number of phenols is 2. The van der Waals surface area contributed by atoms with Crippen molar-refractivity contribution in [2.24, 2.45) is 5.16 Å². The van der Waals surface area contributed by atoms with Gasteiger partial charge in [-0.15, -0.1) is 0 Å². The molecule has 6 rings (SSSR count). The molecule has 3 aliphatic heterocycles. The van der Waals surface area contributed by atoms with Crippen LogP contribution in [0, 0.1) is 0 Å². The first kappa shape index (κ1) is 39.9. The molecule has 4 aliphatic rings. The average molecular weight is 860 g/mol. The van der Waals surface area contributed by atoms with Gasteiger partial charge in [0.05, 0.1) is 23.7 Å². The Balaban J connectivity index is 1.05. The van der Waals surface area contributed by atoms with Crippen molar-refractivity contribution < 1.29 is 63.6 Å². The molecule has 1 saturated carbocycles. The third-order valence-corrected chi connectivity index (χ3v) is 12.0. The van der Waals surface area contributed by atoms with Gasteiger partial charge in [-0.25, -0.2) is 24.4 Å². The van der Waals surface area contributed by atoms with Gasteiger partial charge in [-0.3, -0.25) is 34.3 Å². The Hall–Kier alpha value is -5.79. The van der Waals surface area contributed by atoms with Crippen LogP contribution in [0.25, 0.3) is 0 Å². The molecule has 1 aliphatic carbocycles. The lowest BCUT2D eigenvalue weighted by Crippen LogP contribution is -2.68. The summed E-state index contributed by atoms with van der Waals surface area (Å²) in [5, 5.41) is 49.0. The number of anilines is 1. The maximum atomic E-state index is 13.5. The zero-order valence-corrected chi connectivity index (χ0v) is 31.3. The van der Waals surface area contributed by atoms with E-state index in [2.05, 4.69) is 31.5 Å². The molecule has 0 radical (unpaired) electrons. The van der Waals surface area contributed by atoms with Gasteiger partial charge in [0.25, 0.3) is 11.8 Å². The molecule has 23 nitrogen and oxygen atoms in total. The number of rotatable bonds is 13. The summed E-state index contributed by atoms with van der Waals surface area (Å²) in [6.07, 6.45) is 0.219. The van der Waals surface area contributed by atoms with Crippen LogP contribution >= 0.6 is 46.3 Å². The molecule has 56 heavy (non-hydrogen) atoms. The molecule has 0 spiro atoms. The molecule has 10 N–H and O–H groups in total. The topological polar surface area (TPSA) is 336 Å². The van der Waals surface area contributed by atoms with Gasteiger partial charge in [-0.2, -0.15) is 0 Å². The SMILES string of the molecule is Nc1nc(/C(=N/OC2(C(=O)O)CC2)C(=O)N[C@@H]2C(=O)N3C[C@@](C(=O)O)(N4CCN(NC(=O)C(=O)NCCNC(=O)c5ccc(O)c(O)c5Cl)C4=O)S[C@H]23)c(Cl)s1. The third kappa shape index (κ3) is 7.19. The van der Waals surface area contributed by atoms with Crippen molar-refractivity contribution in [1.82, 2.24) is 41.2 Å². The summed E-state index contributed by atoms with van der Waals surface area (Å²) < 4.78 is -0.0904. The summed E-state index contributed by atoms with van der Waals surface area (Å²) in [6, 6.07) is -0.173. The van der Waals surface area contributed by atoms with Crippen LogP contribution in [0.2, 0.25) is 9.36 Å². The molecule has 0 unspecified atom stereocenters. The van der Waals surface area contributed by atoms with E-state index in [1.165, 1.54) is 0 Å². The summed E-state index contributed by atoms with van der Waals surface area (Å²) in [5.41, 5.74) is 5.12. The number of nitrogens with one attached hydrogen (secondary N) is 4. The number of carbonyl (C=O) groups excluding carboxylic acids is 6. The fraction of sp³-hybridized carbons (Fsp3) is 0.379. The molecule has 2 aromatic rings. The minimum Gasteiger partial charge on any atom is -0.504 e. The monoisotopic (exact) mass is 858 g/mol. The van der Waals surface area contributed by atoms with E-state index in [9.17, 15) is 58.8 Å². The summed E-state index contributed by atoms with van der Waals surface area (Å²) in [6.45, 7) is -1.52. The number of amides is 7. The van der Waals surface area contributed by atoms with Crippen molar-refractivity contribution in [2.75, 3.05) is 38.5 Å². The number of aromatic nitrogens is 1. The normalized spacial score (nSPS) is 22.2. The number of halogens is 2. The van der Waals surface area contributed by atoms with Crippen LogP contribution in [0.4, 0.5) is 9.93 Å². The van der Waals surface area contributed by atoms with Gasteiger partial charge in [-0.1, -0.05) is 51.5 Å². The van der Waals surface area contributed by atoms with E-state index < -0.39 is 98.2 Å². The predicted molar refractivity (Wildman–Crippen MR) is 191 cm³/mol. The third-order valence-electron chi connectivity index (χ3n) is 8.83. The molecule has 7 amide bonds. The molecule has 3 saturated heterocycles. The number of hydrazine groups is 1. The number of thioether (sulfide) groups is 1. The first-order valence-electron chi connectivity index (χ1n) is 16.0. The highest BCUT2D eigenvalue weighted by molar-refractivity contribution is 8.02. The van der Waals surface area contributed by atoms with Crippen molar-refractivity contribution >= 4 is 105 Å². The van der Waals surface area contributed by atoms with E-state index in [4.69, 9.17) is 33.8 Å². The highest BCUT2D eigenvalue weighted by Gasteiger charge is 2.66. The number of carboxylic acids is 2. The smallest absolute Gasteiger partial charge is 0.350 e. The molecular formula is C29H28Cl2N10O13S2. The molecule has 298 valence electrons. The van der Waals surface area contributed by atoms with Gasteiger partial charge in [0.1, 0.15) is 21.4 Å². The number of benzene rings is 1. The minimum atomic E-state index is -2.10. The van der Waals surface area contributed by atoms with E-state index >= 15 is 0 Å². The number of nitrogen functional groups attached to an aromatic ring is 1. The molecule has 4 heterocycles. The maximum Gasteiger partial charge on any atom is 0.350 e. The number of thiazole rings is 1. The summed E-state index contributed by atoms with van der Waals surface area (Å²) in [5.74, 6) is -9.16. The van der Waals surface area contributed by atoms with Crippen molar-refractivity contribution in [3.8, 4) is 11.5 Å². The molecule has 1 aromatic carbocycles. The number of hydrogen-bond donors (Lipinski definition) is 9. The van der Waals surface area contributed by atoms with Gasteiger partial charge < -0.3 is 51.8 Å². The lowest BCUT2D eigenvalue weighted by atomic mass is 10.1. The molecule has 1 aromatic heterocycles. The van der Waals surface area contributed by atoms with Crippen molar-refractivity contribution in [2.45, 2.75) is 34.7 Å². The number of oxime groups is 1. The number of carbonyl (C=O) groups is 8. The van der Waals surface area contributed by atoms with Crippen LogP contribution < -0.4 is 27.1 Å². The fourth-order valence-electron chi connectivity index (χ4n) is 5.67. The standard InChI is InChI=1S/C29H28Cl2N10O13S2/c30-12-10(1-2-11(42)16(12)43)18(44)33-5-6-34-20(46)21(47)37-41-8-7-40(27(41)53)29(25(51)52)9-39-22(48)15(23(39)56-29)35-19(45)14(13-17(31)55-26(32)36-13)38-54-28(3-4-28)24(49)50/h1-2,15,23,42-43H,3-9H2,(H2,32,36)(H,33,44)(H,34,46)(H,35,45)(H,37,47)(H,49,50)(H,51,52)/b38-14-/t15-,23-,29-/m1/s1. The van der Waals surface area contributed by atoms with Crippen LogP contribution in [0.5, 0.6) is 11.5 Å². The van der Waals surface area contributed by atoms with Gasteiger partial charge in [0.2, 0.25) is 16.4 Å². The van der Waals surface area contributed by atoms with Crippen LogP contribution in [0.15, 0.2) is 17.3 Å². The van der Waals surface area contributed by atoms with Crippen LogP contribution in [-0.2, 0) is 33.6 Å². The Labute approximate surface area is 331 Å². The number of hydrogen-bond acceptors (Lipinski definition) is 16. The summed E-state index contributed by atoms with van der Waals surface area (Å²) in [4.78, 5) is 111. The number of aliphatic carboxylic acids is 2. The van der Waals surface area contributed by atoms with Gasteiger partial charge in [0.15, 0.2) is 22.3 Å². The van der Waals surface area contributed by atoms with Crippen molar-refractivity contribution in [3.63, 3.8) is 0 Å². The van der Waals surface area contributed by atoms with Crippen LogP contribution in [0.3, 0.4) is 0 Å². The first-order valence-corrected chi connectivity index (χ1v) is 18.5. The second-order valence-corrected chi connectivity index (χ2v) is 15.8. The molecule has 4 fully saturated rings. The summed E-state index contributed by atoms with van der Waals surface area (Å²) in [7, 11) is 0. The highest BCUT2D eigenvalue weighted by atomic mass is 35.5. The van der Waals surface area contributed by atoms with E-state index in [1.807, 2.05) is 0 Å².